The van der Waals surface area contributed by atoms with Crippen molar-refractivity contribution in [2.45, 2.75) is 44.5 Å². The lowest BCUT2D eigenvalue weighted by atomic mass is 10.2. The Morgan fingerprint density at radius 2 is 2.30 bits per heavy atom. The highest BCUT2D eigenvalue weighted by Gasteiger charge is 2.37. The molecule has 1 saturated heterocycles. The number of aryl methyl sites for hydroxylation is 1. The van der Waals surface area contributed by atoms with Crippen LogP contribution in [-0.2, 0) is 27.4 Å². The van der Waals surface area contributed by atoms with E-state index in [9.17, 15) is 9.59 Å². The highest BCUT2D eigenvalue weighted by Crippen LogP contribution is 2.31. The molecule has 0 bridgehead atoms. The lowest BCUT2D eigenvalue weighted by Gasteiger charge is -2.30. The molecule has 2 aromatic heterocycles. The van der Waals surface area contributed by atoms with Gasteiger partial charge in [-0.1, -0.05) is 0 Å². The number of rotatable bonds is 8. The fourth-order valence-electron chi connectivity index (χ4n) is 3.87. The zero-order valence-electron chi connectivity index (χ0n) is 17.3. The van der Waals surface area contributed by atoms with E-state index in [4.69, 9.17) is 4.74 Å². The van der Waals surface area contributed by atoms with Crippen LogP contribution < -0.4 is 10.6 Å². The van der Waals surface area contributed by atoms with Crippen molar-refractivity contribution in [3.63, 3.8) is 0 Å². The van der Waals surface area contributed by atoms with E-state index in [0.29, 0.717) is 38.8 Å². The van der Waals surface area contributed by atoms with Crippen LogP contribution in [-0.4, -0.2) is 71.9 Å². The van der Waals surface area contributed by atoms with Crippen molar-refractivity contribution < 1.29 is 19.1 Å². The molecule has 4 rings (SSSR count). The zero-order valence-corrected chi connectivity index (χ0v) is 17.3. The molecule has 1 aliphatic carbocycles. The number of alkyl carbamates (subject to hydrolysis) is 1. The average molecular weight is 415 g/mol. The summed E-state index contributed by atoms with van der Waals surface area (Å²) in [4.78, 5) is 30.9. The zero-order chi connectivity index (χ0) is 20.9. The van der Waals surface area contributed by atoms with Gasteiger partial charge in [-0.3, -0.25) is 4.79 Å². The monoisotopic (exact) mass is 415 g/mol. The maximum Gasteiger partial charge on any atom is 0.406 e. The quantitative estimate of drug-likeness (QED) is 0.630. The van der Waals surface area contributed by atoms with E-state index in [0.717, 1.165) is 42.4 Å². The predicted octanol–water partition coefficient (Wildman–Crippen LogP) is 1.26. The number of carbonyl (C=O) groups is 2. The second-order valence-electron chi connectivity index (χ2n) is 7.76. The largest absolute Gasteiger partial charge is 0.453 e. The highest BCUT2D eigenvalue weighted by molar-refractivity contribution is 5.84. The second kappa shape index (κ2) is 9.44. The van der Waals surface area contributed by atoms with E-state index in [2.05, 4.69) is 37.2 Å². The number of ether oxygens (including phenoxy) is 2. The molecule has 0 unspecified atom stereocenters. The summed E-state index contributed by atoms with van der Waals surface area (Å²) in [6.45, 7) is 3.71. The van der Waals surface area contributed by atoms with Gasteiger partial charge in [-0.2, -0.15) is 0 Å². The Morgan fingerprint density at radius 3 is 3.03 bits per heavy atom. The molecule has 162 valence electrons. The first-order valence-electron chi connectivity index (χ1n) is 10.5. The molecule has 2 aromatic rings. The summed E-state index contributed by atoms with van der Waals surface area (Å²) >= 11 is 0. The minimum absolute atomic E-state index is 0.0665. The molecule has 30 heavy (non-hydrogen) atoms. The summed E-state index contributed by atoms with van der Waals surface area (Å²) in [6.07, 6.45) is 5.87. The Morgan fingerprint density at radius 1 is 1.43 bits per heavy atom. The summed E-state index contributed by atoms with van der Waals surface area (Å²) in [6, 6.07) is 4.27. The maximum absolute atomic E-state index is 13.1. The number of amides is 2. The van der Waals surface area contributed by atoms with Gasteiger partial charge in [0.25, 0.3) is 5.91 Å². The van der Waals surface area contributed by atoms with Crippen molar-refractivity contribution in [1.29, 1.82) is 0 Å². The molecule has 9 nitrogen and oxygen atoms in total. The van der Waals surface area contributed by atoms with Crippen molar-refractivity contribution in [3.05, 3.63) is 30.1 Å². The van der Waals surface area contributed by atoms with Crippen LogP contribution in [0.25, 0.3) is 11.0 Å². The first kappa shape index (κ1) is 20.6. The fraction of sp³-hybridized carbons (Fsp3) is 0.571. The van der Waals surface area contributed by atoms with Crippen molar-refractivity contribution >= 4 is 23.0 Å². The predicted molar refractivity (Wildman–Crippen MR) is 111 cm³/mol. The third kappa shape index (κ3) is 4.73. The fourth-order valence-corrected chi connectivity index (χ4v) is 3.87. The molecule has 2 aliphatic rings. The third-order valence-electron chi connectivity index (χ3n) is 5.56. The number of pyridine rings is 1. The number of carbonyl (C=O) groups excluding carboxylic acids is 2. The molecule has 2 fully saturated rings. The van der Waals surface area contributed by atoms with E-state index in [-0.39, 0.29) is 5.91 Å². The second-order valence-corrected chi connectivity index (χ2v) is 7.76. The summed E-state index contributed by atoms with van der Waals surface area (Å²) in [5.41, 5.74) is 1.98. The highest BCUT2D eigenvalue weighted by atomic mass is 16.5. The third-order valence-corrected chi connectivity index (χ3v) is 5.56. The minimum Gasteiger partial charge on any atom is -0.453 e. The first-order chi connectivity index (χ1) is 14.7. The van der Waals surface area contributed by atoms with Crippen LogP contribution in [0.2, 0.25) is 0 Å². The lowest BCUT2D eigenvalue weighted by Crippen LogP contribution is -2.49. The summed E-state index contributed by atoms with van der Waals surface area (Å²) in [5.74, 6) is 0.0665. The van der Waals surface area contributed by atoms with Gasteiger partial charge in [0.15, 0.2) is 0 Å². The van der Waals surface area contributed by atoms with Crippen LogP contribution in [0, 0.1) is 0 Å². The van der Waals surface area contributed by atoms with E-state index in [1.807, 2.05) is 11.0 Å². The van der Waals surface area contributed by atoms with Crippen LogP contribution in [0.3, 0.4) is 0 Å². The minimum atomic E-state index is -0.427. The normalized spacial score (nSPS) is 18.9. The number of hydrogen-bond acceptors (Lipinski definition) is 6. The Hall–Kier alpha value is -2.65. The van der Waals surface area contributed by atoms with E-state index >= 15 is 0 Å². The Balaban J connectivity index is 1.48. The maximum atomic E-state index is 13.1. The van der Waals surface area contributed by atoms with Gasteiger partial charge in [0.1, 0.15) is 11.8 Å². The van der Waals surface area contributed by atoms with Gasteiger partial charge in [0, 0.05) is 56.5 Å². The Bertz CT molecular complexity index is 889. The standard InChI is InChI=1S/C21H29N5O4/c1-29-21(28)24-8-3-10-25-13-15(17-4-2-7-23-19(17)25)14-26(16-5-6-16)20(27)18-12-22-9-11-30-18/h2,4,7,13,16,18,22H,3,5-6,8-12,14H2,1H3,(H,24,28)/t18-/m1/s1. The molecule has 1 aliphatic heterocycles. The molecule has 0 spiro atoms. The van der Waals surface area contributed by atoms with Gasteiger partial charge >= 0.3 is 6.09 Å². The van der Waals surface area contributed by atoms with Gasteiger partial charge in [0.2, 0.25) is 0 Å². The average Bonchev–Trinajstić information content (AvgIpc) is 3.58. The van der Waals surface area contributed by atoms with Crippen LogP contribution in [0.4, 0.5) is 4.79 Å². The van der Waals surface area contributed by atoms with Crippen LogP contribution >= 0.6 is 0 Å². The van der Waals surface area contributed by atoms with Crippen molar-refractivity contribution in [2.75, 3.05) is 33.4 Å². The van der Waals surface area contributed by atoms with E-state index in [1.165, 1.54) is 7.11 Å². The molecule has 9 heteroatoms. The van der Waals surface area contributed by atoms with Crippen molar-refractivity contribution in [1.82, 2.24) is 25.1 Å². The van der Waals surface area contributed by atoms with Gasteiger partial charge in [-0.15, -0.1) is 0 Å². The lowest BCUT2D eigenvalue weighted by molar-refractivity contribution is -0.146. The number of methoxy groups -OCH3 is 1. The topological polar surface area (TPSA) is 97.7 Å². The summed E-state index contributed by atoms with van der Waals surface area (Å²) in [5, 5.41) is 6.99. The van der Waals surface area contributed by atoms with Crippen molar-refractivity contribution in [2.24, 2.45) is 0 Å². The smallest absolute Gasteiger partial charge is 0.406 e. The van der Waals surface area contributed by atoms with Gasteiger partial charge in [-0.05, 0) is 37.0 Å². The Kier molecular flexibility index (Phi) is 6.49. The van der Waals surface area contributed by atoms with Crippen LogP contribution in [0.15, 0.2) is 24.5 Å². The molecule has 0 aromatic carbocycles. The van der Waals surface area contributed by atoms with Gasteiger partial charge < -0.3 is 29.6 Å². The molecule has 0 radical (unpaired) electrons. The van der Waals surface area contributed by atoms with E-state index < -0.39 is 12.2 Å². The number of hydrogen-bond donors (Lipinski definition) is 2. The molecule has 1 atom stereocenters. The first-order valence-corrected chi connectivity index (χ1v) is 10.5. The van der Waals surface area contributed by atoms with Crippen LogP contribution in [0.1, 0.15) is 24.8 Å². The van der Waals surface area contributed by atoms with Crippen LogP contribution in [0.5, 0.6) is 0 Å². The molecule has 1 saturated carbocycles. The summed E-state index contributed by atoms with van der Waals surface area (Å²) in [7, 11) is 1.35. The number of morpholine rings is 1. The number of fused-ring (bicyclic) bond motifs is 1. The van der Waals surface area contributed by atoms with Gasteiger partial charge in [-0.25, -0.2) is 9.78 Å². The SMILES string of the molecule is COC(=O)NCCCn1cc(CN(C(=O)[C@H]2CNCCO2)C2CC2)c2cccnc21. The number of nitrogens with one attached hydrogen (secondary N) is 2. The summed E-state index contributed by atoms with van der Waals surface area (Å²) < 4.78 is 12.4. The van der Waals surface area contributed by atoms with Gasteiger partial charge in [0.05, 0.1) is 13.7 Å². The molecule has 2 N–H and O–H groups in total. The van der Waals surface area contributed by atoms with Crippen molar-refractivity contribution in [3.8, 4) is 0 Å². The molecular formula is C21H29N5O4. The molecule has 2 amide bonds. The van der Waals surface area contributed by atoms with E-state index in [1.54, 1.807) is 6.20 Å². The number of nitrogens with zero attached hydrogens (tertiary/aromatic N) is 3. The Labute approximate surface area is 175 Å². The molecular weight excluding hydrogens is 386 g/mol. The molecule has 3 heterocycles. The number of aromatic nitrogens is 2.